The Bertz CT molecular complexity index is 351. The van der Waals surface area contributed by atoms with E-state index in [1.165, 1.54) is 0 Å². The van der Waals surface area contributed by atoms with Gasteiger partial charge in [-0.15, -0.1) is 0 Å². The monoisotopic (exact) mass is 313 g/mol. The lowest BCUT2D eigenvalue weighted by molar-refractivity contribution is 0.101. The van der Waals surface area contributed by atoms with E-state index in [0.29, 0.717) is 11.1 Å². The molecule has 0 saturated carbocycles. The van der Waals surface area contributed by atoms with Crippen LogP contribution in [0.1, 0.15) is 15.9 Å². The summed E-state index contributed by atoms with van der Waals surface area (Å²) in [6, 6.07) is 8.50. The smallest absolute Gasteiger partial charge is 0.187 e. The van der Waals surface area contributed by atoms with Crippen LogP contribution in [0, 0.1) is 11.3 Å². The SMILES string of the molecule is N#C[14c]1[14cH][14cH][14c](C(=O)C(Br)Br)[14cH][14cH]1. The molecule has 1 aromatic rings. The third-order valence-corrected chi connectivity index (χ3v) is 2.33. The number of rotatable bonds is 2. The molecule has 0 radical (unpaired) electrons. The lowest BCUT2D eigenvalue weighted by Gasteiger charge is -2.00. The molecule has 0 saturated heterocycles. The molecule has 4 heteroatoms. The van der Waals surface area contributed by atoms with Crippen LogP contribution in [0.15, 0.2) is 24.3 Å². The number of carbonyl (C=O) groups excluding carboxylic acids is 1. The van der Waals surface area contributed by atoms with Crippen molar-refractivity contribution in [3.05, 3.63) is 35.4 Å². The van der Waals surface area contributed by atoms with Gasteiger partial charge in [-0.1, -0.05) is 44.0 Å². The minimum atomic E-state index is -0.368. The maximum atomic E-state index is 11.4. The summed E-state index contributed by atoms with van der Waals surface area (Å²) in [6.07, 6.45) is 0. The highest BCUT2D eigenvalue weighted by atomic mass is 79.9. The average molecular weight is 315 g/mol. The van der Waals surface area contributed by atoms with E-state index in [2.05, 4.69) is 31.9 Å². The molecule has 66 valence electrons. The Balaban J connectivity index is 2.94. The maximum Gasteiger partial charge on any atom is 0.187 e. The molecular formula is C9H5Br2NO. The summed E-state index contributed by atoms with van der Waals surface area (Å²) in [4.78, 5) is 11.4. The fraction of sp³-hybridized carbons (Fsp3) is 0.111. The molecule has 0 aliphatic rings. The van der Waals surface area contributed by atoms with Gasteiger partial charge in [0.25, 0.3) is 0 Å². The van der Waals surface area contributed by atoms with Crippen molar-refractivity contribution in [2.45, 2.75) is 3.74 Å². The van der Waals surface area contributed by atoms with E-state index in [-0.39, 0.29) is 9.52 Å². The minimum absolute atomic E-state index is 0.0514. The molecular weight excluding hydrogens is 310 g/mol. The third-order valence-electron chi connectivity index (χ3n) is 1.50. The molecule has 13 heavy (non-hydrogen) atoms. The summed E-state index contributed by atoms with van der Waals surface area (Å²) in [5.41, 5.74) is 1.13. The Hall–Kier alpha value is -0.660. The standard InChI is InChI=1S/C9H5Br2NO/c10-9(11)8(13)7-3-1-6(5-12)2-4-7/h1-4,9H/i1+2,2+2,3+2,4+2,6+2,7+2. The number of nitrogens with zero attached hydrogens (tertiary/aromatic N) is 1. The molecule has 2 nitrogen and oxygen atoms in total. The van der Waals surface area contributed by atoms with Gasteiger partial charge in [-0.3, -0.25) is 4.79 Å². The summed E-state index contributed by atoms with van der Waals surface area (Å²) in [7, 11) is 0. The first-order chi connectivity index (χ1) is 6.15. The van der Waals surface area contributed by atoms with E-state index >= 15 is 0 Å². The summed E-state index contributed by atoms with van der Waals surface area (Å²) >= 11 is 6.23. The molecule has 0 N–H and O–H groups in total. The average Bonchev–Trinajstić information content (AvgIpc) is 2.17. The Kier molecular flexibility index (Phi) is 3.64. The van der Waals surface area contributed by atoms with Gasteiger partial charge in [0.15, 0.2) is 5.78 Å². The van der Waals surface area contributed by atoms with Gasteiger partial charge >= 0.3 is 0 Å². The summed E-state index contributed by atoms with van der Waals surface area (Å²) < 4.78 is -0.368. The molecule has 0 unspecified atom stereocenters. The topological polar surface area (TPSA) is 40.9 Å². The number of alkyl halides is 2. The van der Waals surface area contributed by atoms with E-state index in [9.17, 15) is 4.79 Å². The van der Waals surface area contributed by atoms with Crippen molar-refractivity contribution in [1.29, 1.82) is 5.26 Å². The summed E-state index contributed by atoms with van der Waals surface area (Å²) in [5, 5.41) is 8.52. The van der Waals surface area contributed by atoms with Crippen LogP contribution < -0.4 is 0 Å². The van der Waals surface area contributed by atoms with Crippen molar-refractivity contribution in [2.24, 2.45) is 0 Å². The van der Waals surface area contributed by atoms with Gasteiger partial charge in [0, 0.05) is 5.56 Å². The largest absolute Gasteiger partial charge is 0.292 e. The van der Waals surface area contributed by atoms with E-state index < -0.39 is 0 Å². The second-order valence-corrected chi connectivity index (χ2v) is 5.41. The Morgan fingerprint density at radius 1 is 1.31 bits per heavy atom. The fourth-order valence-corrected chi connectivity index (χ4v) is 1.36. The molecule has 0 aliphatic carbocycles. The zero-order valence-electron chi connectivity index (χ0n) is 6.50. The predicted octanol–water partition coefficient (Wildman–Crippen LogP) is 2.86. The molecule has 0 heterocycles. The number of ketones is 1. The molecule has 1 rings (SSSR count). The van der Waals surface area contributed by atoms with Gasteiger partial charge < -0.3 is 0 Å². The van der Waals surface area contributed by atoms with Crippen LogP contribution in [0.2, 0.25) is 0 Å². The van der Waals surface area contributed by atoms with Gasteiger partial charge in [0.05, 0.1) is 11.6 Å². The number of halogens is 2. The van der Waals surface area contributed by atoms with Crippen LogP contribution >= 0.6 is 31.9 Å². The number of nitriles is 1. The van der Waals surface area contributed by atoms with Crippen LogP contribution in [-0.2, 0) is 0 Å². The van der Waals surface area contributed by atoms with E-state index in [0.717, 1.165) is 0 Å². The van der Waals surface area contributed by atoms with Crippen molar-refractivity contribution in [3.8, 4) is 6.07 Å². The van der Waals surface area contributed by atoms with Crippen LogP contribution in [0.3, 0.4) is 0 Å². The highest BCUT2D eigenvalue weighted by molar-refractivity contribution is 9.25. The molecule has 0 aliphatic heterocycles. The maximum absolute atomic E-state index is 11.4. The van der Waals surface area contributed by atoms with Crippen molar-refractivity contribution in [2.75, 3.05) is 0 Å². The lowest BCUT2D eigenvalue weighted by atomic mass is 10.7. The van der Waals surface area contributed by atoms with E-state index in [1.807, 2.05) is 6.07 Å². The summed E-state index contributed by atoms with van der Waals surface area (Å²) in [6.45, 7) is 0. The molecule has 0 fully saturated rings. The minimum Gasteiger partial charge on any atom is -0.292 e. The van der Waals surface area contributed by atoms with Crippen molar-refractivity contribution >= 4 is 37.6 Å². The van der Waals surface area contributed by atoms with Crippen molar-refractivity contribution in [1.82, 2.24) is 0 Å². The van der Waals surface area contributed by atoms with Crippen LogP contribution in [0.25, 0.3) is 0 Å². The Morgan fingerprint density at radius 3 is 2.23 bits per heavy atom. The number of Topliss-reactive ketones (excluding diaryl/α,β-unsaturated/α-hetero) is 1. The Morgan fingerprint density at radius 2 is 1.85 bits per heavy atom. The Labute approximate surface area is 92.8 Å². The highest BCUT2D eigenvalue weighted by Crippen LogP contribution is 2.15. The zero-order chi connectivity index (χ0) is 9.84. The molecule has 0 bridgehead atoms. The number of hydrogen-bond donors (Lipinski definition) is 0. The van der Waals surface area contributed by atoms with Gasteiger partial charge in [-0.05, 0) is 12.1 Å². The number of hydrogen-bond acceptors (Lipinski definition) is 2. The van der Waals surface area contributed by atoms with Crippen molar-refractivity contribution < 1.29 is 4.79 Å². The van der Waals surface area contributed by atoms with E-state index in [1.54, 1.807) is 24.3 Å². The van der Waals surface area contributed by atoms with Crippen LogP contribution in [0.5, 0.6) is 0 Å². The molecule has 0 atom stereocenters. The van der Waals surface area contributed by atoms with Crippen molar-refractivity contribution in [3.63, 3.8) is 0 Å². The fourth-order valence-electron chi connectivity index (χ4n) is 0.835. The number of benzene rings is 1. The lowest BCUT2D eigenvalue weighted by Crippen LogP contribution is -2.06. The zero-order valence-corrected chi connectivity index (χ0v) is 9.67. The first-order valence-electron chi connectivity index (χ1n) is 3.47. The molecule has 0 aromatic heterocycles. The molecule has 0 amide bonds. The normalized spacial score (nSPS) is 9.69. The van der Waals surface area contributed by atoms with E-state index in [4.69, 9.17) is 5.26 Å². The van der Waals surface area contributed by atoms with Gasteiger partial charge in [-0.25, -0.2) is 0 Å². The summed E-state index contributed by atoms with van der Waals surface area (Å²) in [5.74, 6) is -0.0514. The quantitative estimate of drug-likeness (QED) is 0.622. The third kappa shape index (κ3) is 2.64. The second kappa shape index (κ2) is 4.54. The number of carbonyl (C=O) groups is 1. The predicted molar refractivity (Wildman–Crippen MR) is 57.1 cm³/mol. The molecule has 0 spiro atoms. The first-order valence-corrected chi connectivity index (χ1v) is 5.31. The first kappa shape index (κ1) is 10.4. The molecule has 1 aromatic carbocycles. The van der Waals surface area contributed by atoms with Crippen LogP contribution in [-0.4, -0.2) is 9.52 Å². The van der Waals surface area contributed by atoms with Gasteiger partial charge in [0.1, 0.15) is 3.74 Å². The van der Waals surface area contributed by atoms with Crippen LogP contribution in [0.4, 0.5) is 0 Å². The highest BCUT2D eigenvalue weighted by Gasteiger charge is 2.12. The van der Waals surface area contributed by atoms with Gasteiger partial charge in [0.2, 0.25) is 0 Å². The van der Waals surface area contributed by atoms with Gasteiger partial charge in [-0.2, -0.15) is 5.26 Å². The second-order valence-electron chi connectivity index (χ2n) is 2.35.